The van der Waals surface area contributed by atoms with Crippen LogP contribution in [0.1, 0.15) is 5.56 Å². The molecule has 0 aliphatic carbocycles. The smallest absolute Gasteiger partial charge is 0.263 e. The fraction of sp³-hybridized carbons (Fsp3) is 0.0833. The molecule has 1 heterocycles. The van der Waals surface area contributed by atoms with Gasteiger partial charge in [0, 0.05) is 11.6 Å². The van der Waals surface area contributed by atoms with Gasteiger partial charge in [0.05, 0.1) is 11.1 Å². The summed E-state index contributed by atoms with van der Waals surface area (Å²) >= 11 is 5.92. The van der Waals surface area contributed by atoms with E-state index in [4.69, 9.17) is 17.3 Å². The second-order valence-corrected chi connectivity index (χ2v) is 6.01. The second kappa shape index (κ2) is 5.74. The van der Waals surface area contributed by atoms with Gasteiger partial charge in [-0.3, -0.25) is 4.72 Å². The number of nitrogens with one attached hydrogen (secondary N) is 1. The average Bonchev–Trinajstić information content (AvgIpc) is 2.41. The van der Waals surface area contributed by atoms with Crippen molar-refractivity contribution >= 4 is 27.4 Å². The van der Waals surface area contributed by atoms with E-state index in [-0.39, 0.29) is 22.3 Å². The quantitative estimate of drug-likeness (QED) is 0.905. The first-order valence-corrected chi connectivity index (χ1v) is 7.41. The Hall–Kier alpha value is -1.70. The summed E-state index contributed by atoms with van der Waals surface area (Å²) < 4.78 is 39.1. The first kappa shape index (κ1) is 14.7. The zero-order valence-electron chi connectivity index (χ0n) is 10.2. The van der Waals surface area contributed by atoms with E-state index in [0.29, 0.717) is 5.56 Å². The SMILES string of the molecule is NCc1ccc(S(=O)(=O)Nc2ccc(F)cn2)cc1Cl. The first-order valence-electron chi connectivity index (χ1n) is 5.55. The van der Waals surface area contributed by atoms with Gasteiger partial charge in [0.1, 0.15) is 11.6 Å². The molecule has 1 aromatic carbocycles. The summed E-state index contributed by atoms with van der Waals surface area (Å²) in [5, 5.41) is 0.266. The van der Waals surface area contributed by atoms with Gasteiger partial charge in [0.25, 0.3) is 10.0 Å². The van der Waals surface area contributed by atoms with Gasteiger partial charge >= 0.3 is 0 Å². The maximum absolute atomic E-state index is 12.7. The summed E-state index contributed by atoms with van der Waals surface area (Å²) in [7, 11) is -3.83. The molecule has 0 bridgehead atoms. The minimum absolute atomic E-state index is 0.0189. The summed E-state index contributed by atoms with van der Waals surface area (Å²) in [4.78, 5) is 3.60. The molecule has 0 amide bonds. The number of benzene rings is 1. The number of nitrogens with zero attached hydrogens (tertiary/aromatic N) is 1. The van der Waals surface area contributed by atoms with Crippen LogP contribution in [0.25, 0.3) is 0 Å². The van der Waals surface area contributed by atoms with Gasteiger partial charge in [-0.15, -0.1) is 0 Å². The number of halogens is 2. The predicted molar refractivity (Wildman–Crippen MR) is 74.3 cm³/mol. The number of hydrogen-bond donors (Lipinski definition) is 2. The monoisotopic (exact) mass is 315 g/mol. The van der Waals surface area contributed by atoms with Crippen LogP contribution in [-0.4, -0.2) is 13.4 Å². The van der Waals surface area contributed by atoms with Crippen molar-refractivity contribution in [2.24, 2.45) is 5.73 Å². The Morgan fingerprint density at radius 2 is 2.05 bits per heavy atom. The number of rotatable bonds is 4. The molecule has 0 atom stereocenters. The maximum atomic E-state index is 12.7. The zero-order chi connectivity index (χ0) is 14.8. The summed E-state index contributed by atoms with van der Waals surface area (Å²) in [5.41, 5.74) is 6.10. The molecule has 20 heavy (non-hydrogen) atoms. The summed E-state index contributed by atoms with van der Waals surface area (Å²) in [5.74, 6) is -0.534. The molecule has 2 rings (SSSR count). The molecule has 0 saturated carbocycles. The average molecular weight is 316 g/mol. The van der Waals surface area contributed by atoms with Crippen LogP contribution in [0.2, 0.25) is 5.02 Å². The number of anilines is 1. The molecule has 0 spiro atoms. The molecule has 2 aromatic rings. The van der Waals surface area contributed by atoms with Crippen LogP contribution in [0.4, 0.5) is 10.2 Å². The zero-order valence-corrected chi connectivity index (χ0v) is 11.7. The van der Waals surface area contributed by atoms with Crippen LogP contribution in [-0.2, 0) is 16.6 Å². The van der Waals surface area contributed by atoms with Crippen LogP contribution in [0.3, 0.4) is 0 Å². The van der Waals surface area contributed by atoms with Crippen LogP contribution in [0, 0.1) is 5.82 Å². The highest BCUT2D eigenvalue weighted by Gasteiger charge is 2.16. The van der Waals surface area contributed by atoms with Crippen molar-refractivity contribution in [3.8, 4) is 0 Å². The highest BCUT2D eigenvalue weighted by Crippen LogP contribution is 2.22. The largest absolute Gasteiger partial charge is 0.326 e. The molecule has 3 N–H and O–H groups in total. The van der Waals surface area contributed by atoms with Gasteiger partial charge < -0.3 is 5.73 Å². The van der Waals surface area contributed by atoms with Gasteiger partial charge in [-0.25, -0.2) is 17.8 Å². The van der Waals surface area contributed by atoms with Gasteiger partial charge in [-0.1, -0.05) is 17.7 Å². The van der Waals surface area contributed by atoms with E-state index in [1.165, 1.54) is 24.3 Å². The number of nitrogens with two attached hydrogens (primary N) is 1. The van der Waals surface area contributed by atoms with E-state index in [1.54, 1.807) is 0 Å². The van der Waals surface area contributed by atoms with Crippen molar-refractivity contribution < 1.29 is 12.8 Å². The lowest BCUT2D eigenvalue weighted by Crippen LogP contribution is -2.14. The highest BCUT2D eigenvalue weighted by molar-refractivity contribution is 7.92. The standard InChI is InChI=1S/C12H11ClFN3O2S/c13-11-5-10(3-1-8(11)6-15)20(18,19)17-12-4-2-9(14)7-16-12/h1-5,7H,6,15H2,(H,16,17). The van der Waals surface area contributed by atoms with Gasteiger partial charge in [0.2, 0.25) is 0 Å². The van der Waals surface area contributed by atoms with Crippen molar-refractivity contribution in [3.05, 3.63) is 52.9 Å². The highest BCUT2D eigenvalue weighted by atomic mass is 35.5. The van der Waals surface area contributed by atoms with Crippen molar-refractivity contribution in [1.29, 1.82) is 0 Å². The Morgan fingerprint density at radius 1 is 1.30 bits per heavy atom. The van der Waals surface area contributed by atoms with Gasteiger partial charge in [0.15, 0.2) is 0 Å². The summed E-state index contributed by atoms with van der Waals surface area (Å²) in [6, 6.07) is 6.56. The Morgan fingerprint density at radius 3 is 2.60 bits per heavy atom. The molecule has 0 unspecified atom stereocenters. The van der Waals surface area contributed by atoms with Gasteiger partial charge in [-0.2, -0.15) is 0 Å². The third kappa shape index (κ3) is 3.24. The lowest BCUT2D eigenvalue weighted by Gasteiger charge is -2.09. The molecule has 0 radical (unpaired) electrons. The third-order valence-corrected chi connectivity index (χ3v) is 4.23. The van der Waals surface area contributed by atoms with Gasteiger partial charge in [-0.05, 0) is 29.8 Å². The third-order valence-electron chi connectivity index (χ3n) is 2.52. The molecule has 5 nitrogen and oxygen atoms in total. The summed E-state index contributed by atoms with van der Waals surface area (Å²) in [6.45, 7) is 0.214. The van der Waals surface area contributed by atoms with E-state index >= 15 is 0 Å². The topological polar surface area (TPSA) is 85.1 Å². The second-order valence-electron chi connectivity index (χ2n) is 3.92. The Balaban J connectivity index is 2.30. The Labute approximate surface area is 120 Å². The summed E-state index contributed by atoms with van der Waals surface area (Å²) in [6.07, 6.45) is 0.919. The van der Waals surface area contributed by atoms with Crippen molar-refractivity contribution in [2.75, 3.05) is 4.72 Å². The molecule has 8 heteroatoms. The normalized spacial score (nSPS) is 11.3. The Kier molecular flexibility index (Phi) is 4.22. The van der Waals surface area contributed by atoms with Crippen LogP contribution < -0.4 is 10.5 Å². The number of aromatic nitrogens is 1. The predicted octanol–water partition coefficient (Wildman–Crippen LogP) is 2.13. The molecule has 106 valence electrons. The molecule has 0 aliphatic heterocycles. The van der Waals surface area contributed by atoms with Crippen LogP contribution in [0.15, 0.2) is 41.4 Å². The van der Waals surface area contributed by atoms with Crippen molar-refractivity contribution in [2.45, 2.75) is 11.4 Å². The fourth-order valence-electron chi connectivity index (χ4n) is 1.49. The minimum Gasteiger partial charge on any atom is -0.326 e. The van der Waals surface area contributed by atoms with E-state index in [1.807, 2.05) is 0 Å². The number of pyridine rings is 1. The molecular formula is C12H11ClFN3O2S. The molecule has 1 aromatic heterocycles. The Bertz CT molecular complexity index is 720. The number of hydrogen-bond acceptors (Lipinski definition) is 4. The van der Waals surface area contributed by atoms with E-state index in [0.717, 1.165) is 12.3 Å². The number of sulfonamides is 1. The molecular weight excluding hydrogens is 305 g/mol. The van der Waals surface area contributed by atoms with Crippen molar-refractivity contribution in [3.63, 3.8) is 0 Å². The molecule has 0 saturated heterocycles. The lowest BCUT2D eigenvalue weighted by molar-refractivity contribution is 0.600. The van der Waals surface area contributed by atoms with E-state index in [9.17, 15) is 12.8 Å². The fourth-order valence-corrected chi connectivity index (χ4v) is 2.85. The van der Waals surface area contributed by atoms with Crippen LogP contribution >= 0.6 is 11.6 Å². The van der Waals surface area contributed by atoms with E-state index in [2.05, 4.69) is 9.71 Å². The molecule has 0 fully saturated rings. The minimum atomic E-state index is -3.83. The first-order chi connectivity index (χ1) is 9.42. The maximum Gasteiger partial charge on any atom is 0.263 e. The van der Waals surface area contributed by atoms with Crippen molar-refractivity contribution in [1.82, 2.24) is 4.98 Å². The van der Waals surface area contributed by atoms with Crippen LogP contribution in [0.5, 0.6) is 0 Å². The molecule has 0 aliphatic rings. The van der Waals surface area contributed by atoms with E-state index < -0.39 is 15.8 Å². The lowest BCUT2D eigenvalue weighted by atomic mass is 10.2.